The molecule has 0 saturated heterocycles. The number of aromatic nitrogens is 2. The molecule has 3 rings (SSSR count). The Balaban J connectivity index is 2.63. The van der Waals surface area contributed by atoms with Crippen LogP contribution in [0.2, 0.25) is 0 Å². The zero-order valence-electron chi connectivity index (χ0n) is 9.15. The average molecular weight is 237 g/mol. The summed E-state index contributed by atoms with van der Waals surface area (Å²) in [7, 11) is 0. The molecule has 1 heterocycles. The third kappa shape index (κ3) is 1.33. The van der Waals surface area contributed by atoms with Gasteiger partial charge in [0.15, 0.2) is 0 Å². The van der Waals surface area contributed by atoms with E-state index in [0.29, 0.717) is 16.6 Å². The van der Waals surface area contributed by atoms with E-state index in [1.165, 1.54) is 0 Å². The van der Waals surface area contributed by atoms with E-state index < -0.39 is 11.1 Å². The summed E-state index contributed by atoms with van der Waals surface area (Å²) in [6.07, 6.45) is 0. The van der Waals surface area contributed by atoms with Gasteiger partial charge in [0.05, 0.1) is 22.7 Å². The molecule has 3 aromatic rings. The highest BCUT2D eigenvalue weighted by Crippen LogP contribution is 2.23. The SMILES string of the molecule is N#Cc1cccc2c1ccc1[nH]c(=O)c(=O)[nH]c12. The van der Waals surface area contributed by atoms with E-state index in [9.17, 15) is 9.59 Å². The van der Waals surface area contributed by atoms with E-state index in [0.717, 1.165) is 10.8 Å². The molecule has 18 heavy (non-hydrogen) atoms. The quantitative estimate of drug-likeness (QED) is 0.455. The van der Waals surface area contributed by atoms with Gasteiger partial charge < -0.3 is 9.97 Å². The predicted molar refractivity (Wildman–Crippen MR) is 67.4 cm³/mol. The molecule has 2 N–H and O–H groups in total. The van der Waals surface area contributed by atoms with E-state index >= 15 is 0 Å². The molecule has 0 radical (unpaired) electrons. The van der Waals surface area contributed by atoms with Crippen LogP contribution in [-0.2, 0) is 0 Å². The van der Waals surface area contributed by atoms with Gasteiger partial charge in [0, 0.05) is 10.8 Å². The fraction of sp³-hybridized carbons (Fsp3) is 0. The number of nitrogens with one attached hydrogen (secondary N) is 2. The molecule has 2 aromatic carbocycles. The lowest BCUT2D eigenvalue weighted by molar-refractivity contribution is 1.15. The molecule has 0 bridgehead atoms. The molecule has 5 nitrogen and oxygen atoms in total. The fourth-order valence-corrected chi connectivity index (χ4v) is 2.04. The third-order valence-electron chi connectivity index (χ3n) is 2.87. The zero-order chi connectivity index (χ0) is 12.7. The molecule has 0 aliphatic heterocycles. The minimum absolute atomic E-state index is 0.529. The van der Waals surface area contributed by atoms with E-state index in [2.05, 4.69) is 16.0 Å². The molecule has 5 heteroatoms. The molecule has 0 aliphatic rings. The van der Waals surface area contributed by atoms with E-state index in [1.807, 2.05) is 0 Å². The molecule has 0 atom stereocenters. The highest BCUT2D eigenvalue weighted by Gasteiger charge is 2.06. The Kier molecular flexibility index (Phi) is 2.04. The smallest absolute Gasteiger partial charge is 0.314 e. The van der Waals surface area contributed by atoms with Crippen molar-refractivity contribution in [1.29, 1.82) is 5.26 Å². The largest absolute Gasteiger partial charge is 0.316 e. The Labute approximate surface area is 100 Å². The van der Waals surface area contributed by atoms with Crippen molar-refractivity contribution in [1.82, 2.24) is 9.97 Å². The third-order valence-corrected chi connectivity index (χ3v) is 2.87. The molecular formula is C13H7N3O2. The van der Waals surface area contributed by atoms with Crippen LogP contribution in [-0.4, -0.2) is 9.97 Å². The molecule has 0 aliphatic carbocycles. The van der Waals surface area contributed by atoms with Crippen LogP contribution in [0.15, 0.2) is 39.9 Å². The van der Waals surface area contributed by atoms with Gasteiger partial charge in [-0.3, -0.25) is 9.59 Å². The summed E-state index contributed by atoms with van der Waals surface area (Å²) in [4.78, 5) is 27.7. The van der Waals surface area contributed by atoms with Gasteiger partial charge in [0.1, 0.15) is 0 Å². The Morgan fingerprint density at radius 1 is 0.944 bits per heavy atom. The summed E-state index contributed by atoms with van der Waals surface area (Å²) >= 11 is 0. The van der Waals surface area contributed by atoms with Gasteiger partial charge >= 0.3 is 11.1 Å². The van der Waals surface area contributed by atoms with Gasteiger partial charge in [-0.25, -0.2) is 0 Å². The zero-order valence-corrected chi connectivity index (χ0v) is 9.15. The molecular weight excluding hydrogens is 230 g/mol. The number of H-pyrrole nitrogens is 2. The van der Waals surface area contributed by atoms with E-state index in [-0.39, 0.29) is 0 Å². The van der Waals surface area contributed by atoms with Crippen LogP contribution in [0.1, 0.15) is 5.56 Å². The molecule has 0 unspecified atom stereocenters. The van der Waals surface area contributed by atoms with Gasteiger partial charge in [0.2, 0.25) is 0 Å². The van der Waals surface area contributed by atoms with Crippen LogP contribution >= 0.6 is 0 Å². The second-order valence-electron chi connectivity index (χ2n) is 3.91. The molecule has 0 spiro atoms. The number of nitrogens with zero attached hydrogens (tertiary/aromatic N) is 1. The van der Waals surface area contributed by atoms with Gasteiger partial charge in [-0.1, -0.05) is 18.2 Å². The highest BCUT2D eigenvalue weighted by atomic mass is 16.2. The van der Waals surface area contributed by atoms with Gasteiger partial charge in [-0.05, 0) is 12.1 Å². The Morgan fingerprint density at radius 3 is 2.50 bits per heavy atom. The van der Waals surface area contributed by atoms with Crippen LogP contribution < -0.4 is 11.1 Å². The molecule has 1 aromatic heterocycles. The van der Waals surface area contributed by atoms with Gasteiger partial charge in [-0.2, -0.15) is 5.26 Å². The Hall–Kier alpha value is -2.87. The van der Waals surface area contributed by atoms with Gasteiger partial charge in [0.25, 0.3) is 0 Å². The lowest BCUT2D eigenvalue weighted by Crippen LogP contribution is -2.28. The van der Waals surface area contributed by atoms with E-state index in [4.69, 9.17) is 5.26 Å². The molecule has 0 saturated carbocycles. The standard InChI is InChI=1S/C13H7N3O2/c14-6-7-2-1-3-9-8(7)4-5-10-11(9)16-13(18)12(17)15-10/h1-5H,(H,15,17)(H,16,18). The first-order valence-electron chi connectivity index (χ1n) is 5.29. The van der Waals surface area contributed by atoms with Crippen LogP contribution in [0.4, 0.5) is 0 Å². The number of hydrogen-bond acceptors (Lipinski definition) is 3. The second kappa shape index (κ2) is 3.57. The summed E-state index contributed by atoms with van der Waals surface area (Å²) < 4.78 is 0. The van der Waals surface area contributed by atoms with Crippen LogP contribution in [0, 0.1) is 11.3 Å². The average Bonchev–Trinajstić information content (AvgIpc) is 2.39. The first-order chi connectivity index (χ1) is 8.70. The first kappa shape index (κ1) is 10.3. The number of aromatic amines is 2. The lowest BCUT2D eigenvalue weighted by Gasteiger charge is -2.04. The van der Waals surface area contributed by atoms with Crippen molar-refractivity contribution >= 4 is 21.8 Å². The number of hydrogen-bond donors (Lipinski definition) is 2. The van der Waals surface area contributed by atoms with E-state index in [1.54, 1.807) is 30.3 Å². The fourth-order valence-electron chi connectivity index (χ4n) is 2.04. The second-order valence-corrected chi connectivity index (χ2v) is 3.91. The summed E-state index contributed by atoms with van der Waals surface area (Å²) in [5.41, 5.74) is 0.230. The molecule has 86 valence electrons. The number of benzene rings is 2. The highest BCUT2D eigenvalue weighted by molar-refractivity contribution is 6.05. The summed E-state index contributed by atoms with van der Waals surface area (Å²) in [5, 5.41) is 10.5. The minimum Gasteiger partial charge on any atom is -0.316 e. The summed E-state index contributed by atoms with van der Waals surface area (Å²) in [6, 6.07) is 10.8. The van der Waals surface area contributed by atoms with Crippen molar-refractivity contribution in [2.24, 2.45) is 0 Å². The molecule has 0 fully saturated rings. The maximum absolute atomic E-state index is 11.4. The topological polar surface area (TPSA) is 89.5 Å². The van der Waals surface area contributed by atoms with Crippen molar-refractivity contribution in [2.75, 3.05) is 0 Å². The van der Waals surface area contributed by atoms with Crippen molar-refractivity contribution < 1.29 is 0 Å². The van der Waals surface area contributed by atoms with Crippen molar-refractivity contribution in [3.8, 4) is 6.07 Å². The predicted octanol–water partition coefficient (Wildman–Crippen LogP) is 1.24. The molecule has 0 amide bonds. The Bertz CT molecular complexity index is 929. The first-order valence-corrected chi connectivity index (χ1v) is 5.29. The Morgan fingerprint density at radius 2 is 1.72 bits per heavy atom. The maximum Gasteiger partial charge on any atom is 0.314 e. The van der Waals surface area contributed by atoms with Crippen LogP contribution in [0.25, 0.3) is 21.8 Å². The van der Waals surface area contributed by atoms with Gasteiger partial charge in [-0.15, -0.1) is 0 Å². The van der Waals surface area contributed by atoms with Crippen molar-refractivity contribution in [3.05, 3.63) is 56.6 Å². The summed E-state index contributed by atoms with van der Waals surface area (Å²) in [6.45, 7) is 0. The number of rotatable bonds is 0. The minimum atomic E-state index is -0.697. The lowest BCUT2D eigenvalue weighted by atomic mass is 10.0. The van der Waals surface area contributed by atoms with Crippen molar-refractivity contribution in [3.63, 3.8) is 0 Å². The number of nitriles is 1. The summed E-state index contributed by atoms with van der Waals surface area (Å²) in [5.74, 6) is 0. The van der Waals surface area contributed by atoms with Crippen LogP contribution in [0.3, 0.4) is 0 Å². The normalized spacial score (nSPS) is 10.6. The monoisotopic (exact) mass is 237 g/mol. The number of fused-ring (bicyclic) bond motifs is 3. The van der Waals surface area contributed by atoms with Crippen LogP contribution in [0.5, 0.6) is 0 Å². The maximum atomic E-state index is 11.4. The van der Waals surface area contributed by atoms with Crippen molar-refractivity contribution in [2.45, 2.75) is 0 Å².